The Bertz CT molecular complexity index is 1180. The fraction of sp³-hybridized carbons (Fsp3) is 0.440. The minimum absolute atomic E-state index is 0.107. The first-order chi connectivity index (χ1) is 16.4. The van der Waals surface area contributed by atoms with Crippen molar-refractivity contribution < 1.29 is 23.3 Å². The first kappa shape index (κ1) is 24.8. The summed E-state index contributed by atoms with van der Waals surface area (Å²) >= 11 is 0. The molecule has 1 aliphatic heterocycles. The number of halogens is 3. The fourth-order valence-electron chi connectivity index (χ4n) is 4.22. The van der Waals surface area contributed by atoms with Crippen LogP contribution < -0.4 is 15.2 Å². The van der Waals surface area contributed by atoms with Crippen LogP contribution in [0.3, 0.4) is 0 Å². The molecule has 3 aromatic rings. The summed E-state index contributed by atoms with van der Waals surface area (Å²) in [6.07, 6.45) is -1.81. The van der Waals surface area contributed by atoms with Gasteiger partial charge in [0.05, 0.1) is 11.6 Å². The zero-order valence-electron chi connectivity index (χ0n) is 20.2. The highest BCUT2D eigenvalue weighted by Gasteiger charge is 2.33. The lowest BCUT2D eigenvalue weighted by Crippen LogP contribution is -2.46. The number of hydrogen-bond donors (Lipinski definition) is 2. The van der Waals surface area contributed by atoms with Gasteiger partial charge in [-0.05, 0) is 45.4 Å². The maximum Gasteiger partial charge on any atom is 0.416 e. The van der Waals surface area contributed by atoms with Gasteiger partial charge in [-0.3, -0.25) is 5.32 Å². The molecule has 0 bridgehead atoms. The molecule has 0 saturated carbocycles. The third-order valence-electron chi connectivity index (χ3n) is 6.23. The maximum absolute atomic E-state index is 13.0. The standard InChI is InChI=1S/C25H29F3N6O/c1-15-14-34(22-9-11-29-16(2)30-22)12-10-19(15)31-23-32-20(13-21(33-23)24(3,4)35)17-5-7-18(8-6-17)25(26,27)28/h5-9,11,13,15,19,35H,10,12,14H2,1-4H3,(H,31,32,33)/p+1/t15-,19?/m1/s1. The Balaban J connectivity index is 1.57. The fourth-order valence-corrected chi connectivity index (χ4v) is 4.22. The summed E-state index contributed by atoms with van der Waals surface area (Å²) in [5, 5.41) is 14.1. The molecule has 4 rings (SSSR count). The van der Waals surface area contributed by atoms with Gasteiger partial charge in [-0.1, -0.05) is 24.0 Å². The topological polar surface area (TPSA) is 88.3 Å². The van der Waals surface area contributed by atoms with E-state index in [1.165, 1.54) is 12.1 Å². The zero-order valence-corrected chi connectivity index (χ0v) is 20.2. The van der Waals surface area contributed by atoms with Crippen LogP contribution in [0.4, 0.5) is 24.9 Å². The van der Waals surface area contributed by atoms with Crippen LogP contribution in [0.2, 0.25) is 0 Å². The molecule has 0 spiro atoms. The lowest BCUT2D eigenvalue weighted by Gasteiger charge is -2.36. The van der Waals surface area contributed by atoms with Gasteiger partial charge < -0.3 is 10.0 Å². The highest BCUT2D eigenvalue weighted by Crippen LogP contribution is 2.31. The van der Waals surface area contributed by atoms with Gasteiger partial charge in [-0.25, -0.2) is 15.0 Å². The van der Waals surface area contributed by atoms with E-state index in [9.17, 15) is 18.3 Å². The second-order valence-corrected chi connectivity index (χ2v) is 9.59. The number of hydrogen-bond acceptors (Lipinski definition) is 6. The molecule has 1 unspecified atom stereocenters. The largest absolute Gasteiger partial charge is 0.416 e. The van der Waals surface area contributed by atoms with Gasteiger partial charge >= 0.3 is 12.1 Å². The smallest absolute Gasteiger partial charge is 0.383 e. The summed E-state index contributed by atoms with van der Waals surface area (Å²) in [6, 6.07) is 8.61. The van der Waals surface area contributed by atoms with E-state index in [-0.39, 0.29) is 12.0 Å². The highest BCUT2D eigenvalue weighted by molar-refractivity contribution is 5.58. The van der Waals surface area contributed by atoms with Crippen molar-refractivity contribution >= 4 is 11.8 Å². The van der Waals surface area contributed by atoms with Gasteiger partial charge in [-0.2, -0.15) is 13.2 Å². The normalized spacial score (nSPS) is 19.0. The first-order valence-electron chi connectivity index (χ1n) is 11.6. The third kappa shape index (κ3) is 5.87. The lowest BCUT2D eigenvalue weighted by atomic mass is 9.94. The molecule has 0 aliphatic carbocycles. The van der Waals surface area contributed by atoms with E-state index >= 15 is 0 Å². The number of nitrogens with zero attached hydrogens (tertiary/aromatic N) is 4. The SMILES string of the molecule is Cc1nccc(N2CCC(Nc3nc(C(C)(C)O)cc(-c4ccc(C(F)(F)F)cc4)[nH+]3)[C@H](C)C2)n1. The summed E-state index contributed by atoms with van der Waals surface area (Å²) in [5.41, 5.74) is -0.400. The Morgan fingerprint density at radius 3 is 2.43 bits per heavy atom. The quantitative estimate of drug-likeness (QED) is 0.560. The van der Waals surface area contributed by atoms with Crippen molar-refractivity contribution in [3.63, 3.8) is 0 Å². The highest BCUT2D eigenvalue weighted by atomic mass is 19.4. The van der Waals surface area contributed by atoms with E-state index in [2.05, 4.69) is 37.1 Å². The molecule has 35 heavy (non-hydrogen) atoms. The van der Waals surface area contributed by atoms with E-state index < -0.39 is 17.3 Å². The Morgan fingerprint density at radius 2 is 1.83 bits per heavy atom. The molecule has 10 heteroatoms. The van der Waals surface area contributed by atoms with Crippen molar-refractivity contribution in [2.45, 2.75) is 51.9 Å². The molecule has 7 nitrogen and oxygen atoms in total. The molecular weight excluding hydrogens is 457 g/mol. The number of aryl methyl sites for hydroxylation is 1. The lowest BCUT2D eigenvalue weighted by molar-refractivity contribution is -0.352. The number of anilines is 2. The molecule has 186 valence electrons. The van der Waals surface area contributed by atoms with Gasteiger partial charge in [0.15, 0.2) is 5.69 Å². The number of nitrogens with one attached hydrogen (secondary N) is 2. The van der Waals surface area contributed by atoms with Gasteiger partial charge in [0.2, 0.25) is 0 Å². The van der Waals surface area contributed by atoms with Crippen LogP contribution in [0.1, 0.15) is 44.3 Å². The van der Waals surface area contributed by atoms with E-state index in [0.29, 0.717) is 22.9 Å². The number of piperidine rings is 1. The van der Waals surface area contributed by atoms with Gasteiger partial charge in [0, 0.05) is 36.8 Å². The minimum atomic E-state index is -4.40. The molecule has 1 saturated heterocycles. The third-order valence-corrected chi connectivity index (χ3v) is 6.23. The molecule has 1 aliphatic rings. The summed E-state index contributed by atoms with van der Waals surface area (Å²) in [4.78, 5) is 18.7. The molecule has 1 fully saturated rings. The van der Waals surface area contributed by atoms with Crippen LogP contribution in [0.5, 0.6) is 0 Å². The Morgan fingerprint density at radius 1 is 1.11 bits per heavy atom. The van der Waals surface area contributed by atoms with Gasteiger partial charge in [0.25, 0.3) is 0 Å². The van der Waals surface area contributed by atoms with E-state index in [0.717, 1.165) is 43.3 Å². The molecule has 2 aromatic heterocycles. The number of benzene rings is 1. The summed E-state index contributed by atoms with van der Waals surface area (Å²) < 4.78 is 39.0. The number of alkyl halides is 3. The predicted molar refractivity (Wildman–Crippen MR) is 127 cm³/mol. The number of aromatic amines is 1. The Hall–Kier alpha value is -3.27. The average molecular weight is 488 g/mol. The molecule has 0 radical (unpaired) electrons. The monoisotopic (exact) mass is 487 g/mol. The average Bonchev–Trinajstić information content (AvgIpc) is 2.79. The van der Waals surface area contributed by atoms with E-state index in [1.807, 2.05) is 13.0 Å². The van der Waals surface area contributed by atoms with Crippen LogP contribution in [0.25, 0.3) is 11.3 Å². The second kappa shape index (κ2) is 9.41. The van der Waals surface area contributed by atoms with Crippen molar-refractivity contribution in [1.29, 1.82) is 0 Å². The van der Waals surface area contributed by atoms with Gasteiger partial charge in [-0.15, -0.1) is 0 Å². The molecule has 2 atom stereocenters. The van der Waals surface area contributed by atoms with Crippen molar-refractivity contribution in [3.05, 3.63) is 59.7 Å². The van der Waals surface area contributed by atoms with Crippen molar-refractivity contribution in [1.82, 2.24) is 15.0 Å². The minimum Gasteiger partial charge on any atom is -0.383 e. The van der Waals surface area contributed by atoms with Crippen molar-refractivity contribution in [3.8, 4) is 11.3 Å². The second-order valence-electron chi connectivity index (χ2n) is 9.59. The molecule has 1 aromatic carbocycles. The van der Waals surface area contributed by atoms with Crippen molar-refractivity contribution in [2.75, 3.05) is 23.3 Å². The van der Waals surface area contributed by atoms with Crippen LogP contribution in [-0.4, -0.2) is 39.2 Å². The van der Waals surface area contributed by atoms with Crippen LogP contribution in [0, 0.1) is 12.8 Å². The Kier molecular flexibility index (Phi) is 6.68. The number of aliphatic hydroxyl groups is 1. The maximum atomic E-state index is 13.0. The van der Waals surface area contributed by atoms with E-state index in [1.54, 1.807) is 26.1 Å². The van der Waals surface area contributed by atoms with Crippen LogP contribution in [0.15, 0.2) is 42.6 Å². The van der Waals surface area contributed by atoms with Crippen molar-refractivity contribution in [2.24, 2.45) is 5.92 Å². The summed E-state index contributed by atoms with van der Waals surface area (Å²) in [5.74, 6) is 2.35. The summed E-state index contributed by atoms with van der Waals surface area (Å²) in [7, 11) is 0. The number of H-pyrrole nitrogens is 1. The van der Waals surface area contributed by atoms with Gasteiger partial charge in [0.1, 0.15) is 22.9 Å². The number of aromatic nitrogens is 4. The van der Waals surface area contributed by atoms with E-state index in [4.69, 9.17) is 0 Å². The zero-order chi connectivity index (χ0) is 25.4. The molecular formula is C25H30F3N6O+. The van der Waals surface area contributed by atoms with Crippen LogP contribution in [-0.2, 0) is 11.8 Å². The predicted octanol–water partition coefficient (Wildman–Crippen LogP) is 4.23. The Labute approximate surface area is 202 Å². The molecule has 0 amide bonds. The number of rotatable bonds is 5. The summed E-state index contributed by atoms with van der Waals surface area (Å²) in [6.45, 7) is 8.86. The van der Waals surface area contributed by atoms with Crippen LogP contribution >= 0.6 is 0 Å². The molecule has 3 N–H and O–H groups in total. The molecule has 3 heterocycles. The first-order valence-corrected chi connectivity index (χ1v) is 11.6.